The molecule has 0 saturated carbocycles. The highest BCUT2D eigenvalue weighted by Crippen LogP contribution is 2.38. The Bertz CT molecular complexity index is 1060. The monoisotopic (exact) mass is 424 g/mol. The quantitative estimate of drug-likeness (QED) is 0.611. The Morgan fingerprint density at radius 3 is 2.87 bits per heavy atom. The van der Waals surface area contributed by atoms with Crippen LogP contribution in [0.3, 0.4) is 0 Å². The predicted molar refractivity (Wildman–Crippen MR) is 115 cm³/mol. The Kier molecular flexibility index (Phi) is 6.05. The van der Waals surface area contributed by atoms with E-state index in [1.54, 1.807) is 24.5 Å². The molecule has 3 aromatic rings. The molecule has 0 unspecified atom stereocenters. The summed E-state index contributed by atoms with van der Waals surface area (Å²) in [6, 6.07) is 12.7. The van der Waals surface area contributed by atoms with Gasteiger partial charge in [-0.2, -0.15) is 0 Å². The molecule has 0 radical (unpaired) electrons. The highest BCUT2D eigenvalue weighted by molar-refractivity contribution is 6.32. The van der Waals surface area contributed by atoms with E-state index >= 15 is 0 Å². The number of hydrogen-bond donors (Lipinski definition) is 1. The summed E-state index contributed by atoms with van der Waals surface area (Å²) in [7, 11) is 0. The van der Waals surface area contributed by atoms with Gasteiger partial charge in [-0.1, -0.05) is 11.6 Å². The van der Waals surface area contributed by atoms with Crippen molar-refractivity contribution in [1.82, 2.24) is 4.98 Å². The minimum Gasteiger partial charge on any atom is -0.489 e. The second-order valence-corrected chi connectivity index (χ2v) is 7.36. The number of aryl methyl sites for hydroxylation is 1. The van der Waals surface area contributed by atoms with Gasteiger partial charge in [0.15, 0.2) is 11.5 Å². The van der Waals surface area contributed by atoms with Crippen LogP contribution >= 0.6 is 11.6 Å². The van der Waals surface area contributed by atoms with Crippen molar-refractivity contribution in [3.8, 4) is 23.0 Å². The molecule has 0 aliphatic carbocycles. The van der Waals surface area contributed by atoms with Gasteiger partial charge in [0, 0.05) is 18.3 Å². The molecule has 1 aliphatic heterocycles. The van der Waals surface area contributed by atoms with Crippen molar-refractivity contribution >= 4 is 23.2 Å². The molecule has 0 bridgehead atoms. The largest absolute Gasteiger partial charge is 0.489 e. The van der Waals surface area contributed by atoms with Gasteiger partial charge in [-0.05, 0) is 60.5 Å². The topological polar surface area (TPSA) is 69.7 Å². The number of fused-ring (bicyclic) bond motifs is 1. The molecule has 0 fully saturated rings. The summed E-state index contributed by atoms with van der Waals surface area (Å²) in [5, 5.41) is 3.36. The van der Waals surface area contributed by atoms with Crippen LogP contribution in [0.15, 0.2) is 54.9 Å². The van der Waals surface area contributed by atoms with Crippen LogP contribution < -0.4 is 19.5 Å². The average molecular weight is 425 g/mol. The van der Waals surface area contributed by atoms with Crippen LogP contribution in [0, 0.1) is 6.92 Å². The number of anilines is 1. The first-order valence-electron chi connectivity index (χ1n) is 9.65. The van der Waals surface area contributed by atoms with Crippen LogP contribution in [-0.4, -0.2) is 24.1 Å². The zero-order chi connectivity index (χ0) is 20.9. The first-order valence-corrected chi connectivity index (χ1v) is 10.0. The smallest absolute Gasteiger partial charge is 0.228 e. The maximum atomic E-state index is 12.6. The lowest BCUT2D eigenvalue weighted by Crippen LogP contribution is -2.14. The van der Waals surface area contributed by atoms with Crippen molar-refractivity contribution < 1.29 is 19.0 Å². The summed E-state index contributed by atoms with van der Waals surface area (Å²) in [6.45, 7) is 3.04. The molecule has 2 heterocycles. The molecule has 0 saturated heterocycles. The maximum Gasteiger partial charge on any atom is 0.228 e. The fourth-order valence-corrected chi connectivity index (χ4v) is 3.44. The predicted octanol–water partition coefficient (Wildman–Crippen LogP) is 5.18. The Morgan fingerprint density at radius 1 is 1.20 bits per heavy atom. The van der Waals surface area contributed by atoms with Crippen molar-refractivity contribution in [2.24, 2.45) is 0 Å². The van der Waals surface area contributed by atoms with Crippen molar-refractivity contribution in [3.63, 3.8) is 0 Å². The third kappa shape index (κ3) is 4.83. The van der Waals surface area contributed by atoms with E-state index in [-0.39, 0.29) is 12.3 Å². The summed E-state index contributed by atoms with van der Waals surface area (Å²) in [4.78, 5) is 16.6. The number of benzene rings is 2. The lowest BCUT2D eigenvalue weighted by atomic mass is 10.1. The summed E-state index contributed by atoms with van der Waals surface area (Å²) in [6.07, 6.45) is 4.30. The zero-order valence-corrected chi connectivity index (χ0v) is 17.2. The number of ether oxygens (including phenoxy) is 3. The van der Waals surface area contributed by atoms with E-state index in [1.807, 2.05) is 37.3 Å². The molecule has 2 aromatic carbocycles. The highest BCUT2D eigenvalue weighted by Gasteiger charge is 2.17. The van der Waals surface area contributed by atoms with E-state index in [1.165, 1.54) is 0 Å². The summed E-state index contributed by atoms with van der Waals surface area (Å²) < 4.78 is 17.1. The van der Waals surface area contributed by atoms with Gasteiger partial charge in [-0.15, -0.1) is 0 Å². The Hall–Kier alpha value is -3.25. The van der Waals surface area contributed by atoms with Crippen LogP contribution in [0.2, 0.25) is 5.02 Å². The molecule has 7 heteroatoms. The number of pyridine rings is 1. The molecule has 154 valence electrons. The van der Waals surface area contributed by atoms with Gasteiger partial charge in [-0.25, -0.2) is 0 Å². The Labute approximate surface area is 179 Å². The van der Waals surface area contributed by atoms with Crippen molar-refractivity contribution in [3.05, 3.63) is 71.0 Å². The minimum absolute atomic E-state index is 0.152. The first kappa shape index (κ1) is 20.0. The number of halogens is 1. The van der Waals surface area contributed by atoms with Gasteiger partial charge < -0.3 is 19.5 Å². The molecule has 1 aliphatic rings. The Morgan fingerprint density at radius 2 is 2.07 bits per heavy atom. The fraction of sp³-hybridized carbons (Fsp3) is 0.217. The normalized spacial score (nSPS) is 12.7. The number of hydrogen-bond acceptors (Lipinski definition) is 5. The molecule has 4 rings (SSSR count). The van der Waals surface area contributed by atoms with Gasteiger partial charge in [0.05, 0.1) is 30.9 Å². The summed E-state index contributed by atoms with van der Waals surface area (Å²) in [5.41, 5.74) is 2.35. The van der Waals surface area contributed by atoms with Crippen LogP contribution in [0.25, 0.3) is 0 Å². The third-order valence-corrected chi connectivity index (χ3v) is 4.83. The molecular formula is C23H21ClN2O4. The number of carbonyl (C=O) groups is 1. The lowest BCUT2D eigenvalue weighted by Gasteiger charge is -2.13. The van der Waals surface area contributed by atoms with E-state index in [0.717, 1.165) is 17.5 Å². The van der Waals surface area contributed by atoms with Gasteiger partial charge in [-0.3, -0.25) is 9.78 Å². The Balaban J connectivity index is 1.42. The highest BCUT2D eigenvalue weighted by atomic mass is 35.5. The molecule has 1 N–H and O–H groups in total. The second kappa shape index (κ2) is 9.05. The van der Waals surface area contributed by atoms with Gasteiger partial charge in [0.1, 0.15) is 11.5 Å². The van der Waals surface area contributed by atoms with Gasteiger partial charge >= 0.3 is 0 Å². The van der Waals surface area contributed by atoms with E-state index < -0.39 is 0 Å². The van der Waals surface area contributed by atoms with Crippen molar-refractivity contribution in [1.29, 1.82) is 0 Å². The zero-order valence-electron chi connectivity index (χ0n) is 16.5. The van der Waals surface area contributed by atoms with Crippen LogP contribution in [0.4, 0.5) is 5.69 Å². The number of amides is 1. The number of nitrogens with zero attached hydrogens (tertiary/aromatic N) is 1. The fourth-order valence-electron chi connectivity index (χ4n) is 3.15. The number of nitrogens with one attached hydrogen (secondary N) is 1. The standard InChI is InChI=1S/C23H21ClN2O4/c1-15-10-17(5-6-20(15)30-18-4-2-7-25-14-18)26-22(27)13-16-11-19(24)23-21(12-16)28-8-3-9-29-23/h2,4-7,10-12,14H,3,8-9,13H2,1H3,(H,26,27). The molecule has 30 heavy (non-hydrogen) atoms. The molecule has 6 nitrogen and oxygen atoms in total. The molecule has 1 amide bonds. The maximum absolute atomic E-state index is 12.6. The van der Waals surface area contributed by atoms with Crippen molar-refractivity contribution in [2.45, 2.75) is 19.8 Å². The van der Waals surface area contributed by atoms with Gasteiger partial charge in [0.25, 0.3) is 0 Å². The second-order valence-electron chi connectivity index (χ2n) is 6.95. The van der Waals surface area contributed by atoms with Crippen LogP contribution in [0.1, 0.15) is 17.5 Å². The molecule has 1 aromatic heterocycles. The molecule has 0 atom stereocenters. The first-order chi connectivity index (χ1) is 14.6. The summed E-state index contributed by atoms with van der Waals surface area (Å²) >= 11 is 6.31. The minimum atomic E-state index is -0.152. The summed E-state index contributed by atoms with van der Waals surface area (Å²) in [5.74, 6) is 2.33. The van der Waals surface area contributed by atoms with E-state index in [9.17, 15) is 4.79 Å². The number of carbonyl (C=O) groups excluding carboxylic acids is 1. The molecular weight excluding hydrogens is 404 g/mol. The molecule has 0 spiro atoms. The lowest BCUT2D eigenvalue weighted by molar-refractivity contribution is -0.115. The van der Waals surface area contributed by atoms with E-state index in [2.05, 4.69) is 10.3 Å². The van der Waals surface area contributed by atoms with E-state index in [0.29, 0.717) is 46.9 Å². The van der Waals surface area contributed by atoms with Crippen molar-refractivity contribution in [2.75, 3.05) is 18.5 Å². The van der Waals surface area contributed by atoms with Crippen LogP contribution in [0.5, 0.6) is 23.0 Å². The van der Waals surface area contributed by atoms with Crippen LogP contribution in [-0.2, 0) is 11.2 Å². The van der Waals surface area contributed by atoms with Gasteiger partial charge in [0.2, 0.25) is 5.91 Å². The number of rotatable bonds is 5. The van der Waals surface area contributed by atoms with E-state index in [4.69, 9.17) is 25.8 Å². The average Bonchev–Trinajstić information content (AvgIpc) is 2.97. The number of aromatic nitrogens is 1. The third-order valence-electron chi connectivity index (χ3n) is 4.55. The SMILES string of the molecule is Cc1cc(NC(=O)Cc2cc(Cl)c3c(c2)OCCCO3)ccc1Oc1cccnc1.